The van der Waals surface area contributed by atoms with Gasteiger partial charge >= 0.3 is 5.69 Å². The molecular formula is C11H15N5O2. The molecule has 0 fully saturated rings. The van der Waals surface area contributed by atoms with E-state index in [0.29, 0.717) is 11.5 Å². The largest absolute Gasteiger partial charge is 0.334 e. The van der Waals surface area contributed by atoms with E-state index >= 15 is 0 Å². The van der Waals surface area contributed by atoms with Crippen LogP contribution in [0.4, 0.5) is 5.69 Å². The third-order valence-corrected chi connectivity index (χ3v) is 2.76. The lowest BCUT2D eigenvalue weighted by Gasteiger charge is -2.06. The van der Waals surface area contributed by atoms with Gasteiger partial charge in [0, 0.05) is 25.9 Å². The van der Waals surface area contributed by atoms with Crippen LogP contribution in [0.25, 0.3) is 5.82 Å². The predicted molar refractivity (Wildman–Crippen MR) is 65.7 cm³/mol. The van der Waals surface area contributed by atoms with Crippen molar-refractivity contribution in [3.05, 3.63) is 34.0 Å². The van der Waals surface area contributed by atoms with Crippen LogP contribution in [0, 0.1) is 17.0 Å². The molecule has 0 aliphatic heterocycles. The van der Waals surface area contributed by atoms with Crippen LogP contribution in [0.15, 0.2) is 12.4 Å². The second-order valence-electron chi connectivity index (χ2n) is 4.10. The highest BCUT2D eigenvalue weighted by Crippen LogP contribution is 2.27. The standard InChI is InChI=1S/C11H15N5O2/c1-4-5-9-12-6-7-15(9)11-10(16(17)18)8(2)13-14(11)3/h6-7H,4-5H2,1-3H3. The second kappa shape index (κ2) is 4.59. The van der Waals surface area contributed by atoms with E-state index in [0.717, 1.165) is 18.7 Å². The molecule has 0 saturated carbocycles. The van der Waals surface area contributed by atoms with E-state index in [1.807, 2.05) is 6.92 Å². The molecule has 0 spiro atoms. The van der Waals surface area contributed by atoms with Crippen molar-refractivity contribution in [2.24, 2.45) is 7.05 Å². The van der Waals surface area contributed by atoms with Gasteiger partial charge in [-0.1, -0.05) is 6.92 Å². The summed E-state index contributed by atoms with van der Waals surface area (Å²) in [6, 6.07) is 0. The summed E-state index contributed by atoms with van der Waals surface area (Å²) < 4.78 is 3.26. The Labute approximate surface area is 104 Å². The van der Waals surface area contributed by atoms with Crippen molar-refractivity contribution >= 4 is 5.69 Å². The van der Waals surface area contributed by atoms with E-state index in [1.165, 1.54) is 4.68 Å². The summed E-state index contributed by atoms with van der Waals surface area (Å²) >= 11 is 0. The van der Waals surface area contributed by atoms with Crippen molar-refractivity contribution < 1.29 is 4.92 Å². The number of hydrogen-bond acceptors (Lipinski definition) is 4. The minimum absolute atomic E-state index is 0.0350. The SMILES string of the molecule is CCCc1nccn1-c1c([N+](=O)[O-])c(C)nn1C. The molecule has 0 aliphatic rings. The van der Waals surface area contributed by atoms with Crippen LogP contribution in [0.5, 0.6) is 0 Å². The maximum Gasteiger partial charge on any atom is 0.334 e. The average Bonchev–Trinajstić information content (AvgIpc) is 2.83. The topological polar surface area (TPSA) is 78.8 Å². The molecule has 0 aliphatic carbocycles. The van der Waals surface area contributed by atoms with Crippen LogP contribution in [-0.2, 0) is 13.5 Å². The highest BCUT2D eigenvalue weighted by molar-refractivity contribution is 5.51. The van der Waals surface area contributed by atoms with Gasteiger partial charge in [0.25, 0.3) is 0 Å². The van der Waals surface area contributed by atoms with Crippen LogP contribution in [0.1, 0.15) is 24.9 Å². The van der Waals surface area contributed by atoms with E-state index in [-0.39, 0.29) is 5.69 Å². The van der Waals surface area contributed by atoms with E-state index in [4.69, 9.17) is 0 Å². The zero-order chi connectivity index (χ0) is 13.3. The van der Waals surface area contributed by atoms with Gasteiger partial charge in [-0.05, 0) is 13.3 Å². The van der Waals surface area contributed by atoms with Gasteiger partial charge in [0.15, 0.2) is 0 Å². The Hall–Kier alpha value is -2.18. The zero-order valence-electron chi connectivity index (χ0n) is 10.6. The van der Waals surface area contributed by atoms with E-state index in [1.54, 1.807) is 30.9 Å². The number of aryl methyl sites for hydroxylation is 3. The fourth-order valence-corrected chi connectivity index (χ4v) is 2.05. The van der Waals surface area contributed by atoms with E-state index < -0.39 is 4.92 Å². The highest BCUT2D eigenvalue weighted by Gasteiger charge is 2.26. The highest BCUT2D eigenvalue weighted by atomic mass is 16.6. The zero-order valence-corrected chi connectivity index (χ0v) is 10.6. The molecule has 96 valence electrons. The number of hydrogen-bond donors (Lipinski definition) is 0. The smallest absolute Gasteiger partial charge is 0.282 e. The Morgan fingerprint density at radius 2 is 2.22 bits per heavy atom. The maximum atomic E-state index is 11.1. The van der Waals surface area contributed by atoms with Crippen molar-refractivity contribution in [2.75, 3.05) is 0 Å². The summed E-state index contributed by atoms with van der Waals surface area (Å²) in [6.45, 7) is 3.68. The van der Waals surface area contributed by atoms with Gasteiger partial charge in [-0.2, -0.15) is 5.10 Å². The molecule has 0 bridgehead atoms. The van der Waals surface area contributed by atoms with E-state index in [2.05, 4.69) is 10.1 Å². The first-order chi connectivity index (χ1) is 8.56. The monoisotopic (exact) mass is 249 g/mol. The molecule has 18 heavy (non-hydrogen) atoms. The van der Waals surface area contributed by atoms with Crippen molar-refractivity contribution in [2.45, 2.75) is 26.7 Å². The Kier molecular flexibility index (Phi) is 3.14. The Morgan fingerprint density at radius 3 is 2.83 bits per heavy atom. The number of rotatable bonds is 4. The summed E-state index contributed by atoms with van der Waals surface area (Å²) in [7, 11) is 1.70. The minimum Gasteiger partial charge on any atom is -0.282 e. The average molecular weight is 249 g/mol. The number of nitro groups is 1. The molecular weight excluding hydrogens is 234 g/mol. The first-order valence-corrected chi connectivity index (χ1v) is 5.76. The maximum absolute atomic E-state index is 11.1. The molecule has 2 aromatic rings. The minimum atomic E-state index is -0.395. The lowest BCUT2D eigenvalue weighted by molar-refractivity contribution is -0.385. The molecule has 0 unspecified atom stereocenters. The Balaban J connectivity index is 2.63. The molecule has 7 heteroatoms. The third kappa shape index (κ3) is 1.87. The molecule has 2 rings (SSSR count). The van der Waals surface area contributed by atoms with Gasteiger partial charge in [0.1, 0.15) is 11.5 Å². The predicted octanol–water partition coefficient (Wildman–Crippen LogP) is 1.77. The summed E-state index contributed by atoms with van der Waals surface area (Å²) in [5.41, 5.74) is 0.446. The van der Waals surface area contributed by atoms with Crippen molar-refractivity contribution in [1.29, 1.82) is 0 Å². The molecule has 2 heterocycles. The molecule has 0 radical (unpaired) electrons. The molecule has 2 aromatic heterocycles. The molecule has 0 amide bonds. The number of nitrogens with zero attached hydrogens (tertiary/aromatic N) is 5. The van der Waals surface area contributed by atoms with Crippen LogP contribution >= 0.6 is 0 Å². The quantitative estimate of drug-likeness (QED) is 0.611. The van der Waals surface area contributed by atoms with Gasteiger partial charge in [0.05, 0.1) is 4.92 Å². The number of imidazole rings is 1. The molecule has 0 aromatic carbocycles. The second-order valence-corrected chi connectivity index (χ2v) is 4.10. The third-order valence-electron chi connectivity index (χ3n) is 2.76. The molecule has 0 atom stereocenters. The van der Waals surface area contributed by atoms with Crippen molar-refractivity contribution in [3.8, 4) is 5.82 Å². The first kappa shape index (κ1) is 12.3. The normalized spacial score (nSPS) is 10.8. The van der Waals surface area contributed by atoms with Gasteiger partial charge < -0.3 is 0 Å². The van der Waals surface area contributed by atoms with Gasteiger partial charge in [-0.25, -0.2) is 9.67 Å². The summed E-state index contributed by atoms with van der Waals surface area (Å²) in [5, 5.41) is 15.3. The summed E-state index contributed by atoms with van der Waals surface area (Å²) in [5.74, 6) is 1.27. The van der Waals surface area contributed by atoms with Gasteiger partial charge in [0.2, 0.25) is 5.82 Å². The van der Waals surface area contributed by atoms with Crippen LogP contribution in [0.2, 0.25) is 0 Å². The molecule has 0 saturated heterocycles. The molecule has 7 nitrogen and oxygen atoms in total. The van der Waals surface area contributed by atoms with Crippen LogP contribution in [-0.4, -0.2) is 24.3 Å². The fourth-order valence-electron chi connectivity index (χ4n) is 2.05. The fraction of sp³-hybridized carbons (Fsp3) is 0.455. The van der Waals surface area contributed by atoms with E-state index in [9.17, 15) is 10.1 Å². The van der Waals surface area contributed by atoms with Crippen molar-refractivity contribution in [1.82, 2.24) is 19.3 Å². The lowest BCUT2D eigenvalue weighted by Crippen LogP contribution is -2.08. The first-order valence-electron chi connectivity index (χ1n) is 5.76. The number of aromatic nitrogens is 4. The summed E-state index contributed by atoms with van der Waals surface area (Å²) in [6.07, 6.45) is 5.08. The van der Waals surface area contributed by atoms with Gasteiger partial charge in [-0.3, -0.25) is 14.7 Å². The van der Waals surface area contributed by atoms with Crippen molar-refractivity contribution in [3.63, 3.8) is 0 Å². The van der Waals surface area contributed by atoms with Gasteiger partial charge in [-0.15, -0.1) is 0 Å². The summed E-state index contributed by atoms with van der Waals surface area (Å²) in [4.78, 5) is 15.0. The molecule has 0 N–H and O–H groups in total. The lowest BCUT2D eigenvalue weighted by atomic mass is 10.3. The Bertz CT molecular complexity index is 584. The Morgan fingerprint density at radius 1 is 1.50 bits per heavy atom. The van der Waals surface area contributed by atoms with Crippen LogP contribution in [0.3, 0.4) is 0 Å². The van der Waals surface area contributed by atoms with Crippen LogP contribution < -0.4 is 0 Å².